The molecule has 0 spiro atoms. The summed E-state index contributed by atoms with van der Waals surface area (Å²) in [6.45, 7) is 10.4. The number of rotatable bonds is 4. The zero-order valence-corrected chi connectivity index (χ0v) is 15.4. The second-order valence-corrected chi connectivity index (χ2v) is 9.26. The van der Waals surface area contributed by atoms with Crippen LogP contribution in [0.5, 0.6) is 0 Å². The fraction of sp³-hybridized carbons (Fsp3) is 1.00. The molecular weight excluding hydrogens is 300 g/mol. The molecule has 0 unspecified atom stereocenters. The maximum absolute atomic E-state index is 11.1. The minimum Gasteiger partial charge on any atom is -0.381 e. The fourth-order valence-corrected chi connectivity index (χ4v) is 4.36. The Balaban J connectivity index is 0.000000224. The van der Waals surface area contributed by atoms with Gasteiger partial charge in [0.2, 0.25) is 0 Å². The summed E-state index contributed by atoms with van der Waals surface area (Å²) in [6.07, 6.45) is 3.91. The Kier molecular flexibility index (Phi) is 8.90. The highest BCUT2D eigenvalue weighted by Gasteiger charge is 2.23. The molecule has 0 radical (unpaired) electrons. The average Bonchev–Trinajstić information content (AvgIpc) is 2.42. The highest BCUT2D eigenvalue weighted by molar-refractivity contribution is 7.91. The van der Waals surface area contributed by atoms with Crippen LogP contribution in [0.1, 0.15) is 53.4 Å². The number of nitrogens with one attached hydrogen (secondary N) is 2. The molecule has 2 aliphatic heterocycles. The Morgan fingerprint density at radius 1 is 0.818 bits per heavy atom. The van der Waals surface area contributed by atoms with Crippen molar-refractivity contribution in [1.29, 1.82) is 0 Å². The largest absolute Gasteiger partial charge is 0.381 e. The van der Waals surface area contributed by atoms with E-state index in [4.69, 9.17) is 4.74 Å². The Morgan fingerprint density at radius 3 is 1.64 bits per heavy atom. The summed E-state index contributed by atoms with van der Waals surface area (Å²) in [5, 5.41) is 6.86. The van der Waals surface area contributed by atoms with Crippen molar-refractivity contribution < 1.29 is 13.2 Å². The van der Waals surface area contributed by atoms with Gasteiger partial charge in [0, 0.05) is 37.4 Å². The topological polar surface area (TPSA) is 67.4 Å². The lowest BCUT2D eigenvalue weighted by Gasteiger charge is -2.24. The van der Waals surface area contributed by atoms with Crippen LogP contribution in [-0.2, 0) is 14.6 Å². The SMILES string of the molecule is CC(C)NC1CCOCC1.CC(C)NC1CCS(=O)(=O)CC1. The maximum atomic E-state index is 11.1. The summed E-state index contributed by atoms with van der Waals surface area (Å²) in [5.41, 5.74) is 0. The van der Waals surface area contributed by atoms with Gasteiger partial charge in [-0.05, 0) is 25.7 Å². The van der Waals surface area contributed by atoms with Crippen molar-refractivity contribution in [3.8, 4) is 0 Å². The Labute approximate surface area is 136 Å². The second-order valence-electron chi connectivity index (χ2n) is 6.96. The van der Waals surface area contributed by atoms with E-state index in [0.717, 1.165) is 26.1 Å². The molecule has 5 nitrogen and oxygen atoms in total. The predicted octanol–water partition coefficient (Wildman–Crippen LogP) is 1.73. The number of hydrogen-bond donors (Lipinski definition) is 2. The minimum absolute atomic E-state index is 0.359. The van der Waals surface area contributed by atoms with Crippen LogP contribution >= 0.6 is 0 Å². The Bertz CT molecular complexity index is 376. The van der Waals surface area contributed by atoms with Crippen molar-refractivity contribution in [2.45, 2.75) is 77.5 Å². The van der Waals surface area contributed by atoms with Gasteiger partial charge >= 0.3 is 0 Å². The van der Waals surface area contributed by atoms with Crippen LogP contribution in [0.15, 0.2) is 0 Å². The molecule has 0 atom stereocenters. The van der Waals surface area contributed by atoms with E-state index >= 15 is 0 Å². The Morgan fingerprint density at radius 2 is 1.23 bits per heavy atom. The highest BCUT2D eigenvalue weighted by atomic mass is 32.2. The van der Waals surface area contributed by atoms with Crippen LogP contribution in [0.2, 0.25) is 0 Å². The van der Waals surface area contributed by atoms with Gasteiger partial charge < -0.3 is 15.4 Å². The third-order valence-corrected chi connectivity index (χ3v) is 5.63. The molecule has 0 saturated carbocycles. The lowest BCUT2D eigenvalue weighted by molar-refractivity contribution is 0.0760. The molecule has 0 aromatic rings. The van der Waals surface area contributed by atoms with Gasteiger partial charge in [-0.1, -0.05) is 27.7 Å². The van der Waals surface area contributed by atoms with Gasteiger partial charge in [-0.2, -0.15) is 0 Å². The van der Waals surface area contributed by atoms with Crippen LogP contribution in [0.3, 0.4) is 0 Å². The van der Waals surface area contributed by atoms with E-state index in [2.05, 4.69) is 38.3 Å². The summed E-state index contributed by atoms with van der Waals surface area (Å²) in [4.78, 5) is 0. The lowest BCUT2D eigenvalue weighted by atomic mass is 10.1. The second kappa shape index (κ2) is 9.85. The molecule has 2 heterocycles. The molecule has 2 saturated heterocycles. The Hall–Kier alpha value is -0.170. The zero-order valence-electron chi connectivity index (χ0n) is 14.6. The summed E-state index contributed by atoms with van der Waals surface area (Å²) in [6, 6.07) is 2.18. The van der Waals surface area contributed by atoms with E-state index < -0.39 is 9.84 Å². The van der Waals surface area contributed by atoms with Gasteiger partial charge in [0.15, 0.2) is 0 Å². The molecule has 0 aromatic heterocycles. The van der Waals surface area contributed by atoms with Crippen molar-refractivity contribution in [2.24, 2.45) is 0 Å². The molecule has 2 rings (SSSR count). The van der Waals surface area contributed by atoms with Gasteiger partial charge in [0.1, 0.15) is 9.84 Å². The van der Waals surface area contributed by atoms with E-state index in [-0.39, 0.29) is 0 Å². The standard InChI is InChI=1S/C8H17NO2S.C8H17NO/c1-7(2)9-8-3-5-12(10,11)6-4-8;1-7(2)9-8-3-5-10-6-4-8/h7-9H,3-6H2,1-2H3;7-9H,3-6H2,1-2H3. The molecule has 6 heteroatoms. The highest BCUT2D eigenvalue weighted by Crippen LogP contribution is 2.12. The summed E-state index contributed by atoms with van der Waals surface area (Å²) < 4.78 is 27.3. The molecule has 132 valence electrons. The first-order chi connectivity index (χ1) is 10.3. The van der Waals surface area contributed by atoms with Crippen LogP contribution in [-0.4, -0.2) is 57.3 Å². The third-order valence-electron chi connectivity index (χ3n) is 3.91. The summed E-state index contributed by atoms with van der Waals surface area (Å²) in [7, 11) is -2.69. The van der Waals surface area contributed by atoms with Gasteiger partial charge in [-0.15, -0.1) is 0 Å². The molecular formula is C16H34N2O3S. The van der Waals surface area contributed by atoms with Crippen molar-refractivity contribution >= 4 is 9.84 Å². The lowest BCUT2D eigenvalue weighted by Crippen LogP contribution is -2.40. The minimum atomic E-state index is -2.69. The van der Waals surface area contributed by atoms with Crippen LogP contribution in [0.4, 0.5) is 0 Å². The number of sulfone groups is 1. The molecule has 22 heavy (non-hydrogen) atoms. The van der Waals surface area contributed by atoms with Crippen molar-refractivity contribution in [2.75, 3.05) is 24.7 Å². The van der Waals surface area contributed by atoms with Crippen molar-refractivity contribution in [3.05, 3.63) is 0 Å². The molecule has 0 aliphatic carbocycles. The monoisotopic (exact) mass is 334 g/mol. The predicted molar refractivity (Wildman–Crippen MR) is 92.1 cm³/mol. The van der Waals surface area contributed by atoms with Gasteiger partial charge in [0.25, 0.3) is 0 Å². The molecule has 2 N–H and O–H groups in total. The van der Waals surface area contributed by atoms with Gasteiger partial charge in [-0.25, -0.2) is 8.42 Å². The first kappa shape index (κ1) is 19.9. The van der Waals surface area contributed by atoms with E-state index in [1.54, 1.807) is 0 Å². The van der Waals surface area contributed by atoms with Gasteiger partial charge in [-0.3, -0.25) is 0 Å². The third kappa shape index (κ3) is 9.08. The van der Waals surface area contributed by atoms with E-state index in [1.807, 2.05) is 0 Å². The maximum Gasteiger partial charge on any atom is 0.150 e. The fourth-order valence-electron chi connectivity index (χ4n) is 2.86. The van der Waals surface area contributed by atoms with E-state index in [9.17, 15) is 8.42 Å². The molecule has 0 aromatic carbocycles. The van der Waals surface area contributed by atoms with Gasteiger partial charge in [0.05, 0.1) is 11.5 Å². The van der Waals surface area contributed by atoms with Crippen LogP contribution < -0.4 is 10.6 Å². The summed E-state index contributed by atoms with van der Waals surface area (Å²) >= 11 is 0. The molecule has 0 amide bonds. The zero-order chi connectivity index (χ0) is 16.6. The quantitative estimate of drug-likeness (QED) is 0.819. The summed E-state index contributed by atoms with van der Waals surface area (Å²) in [5.74, 6) is 0.717. The van der Waals surface area contributed by atoms with Crippen molar-refractivity contribution in [3.63, 3.8) is 0 Å². The average molecular weight is 335 g/mol. The van der Waals surface area contributed by atoms with Crippen LogP contribution in [0.25, 0.3) is 0 Å². The van der Waals surface area contributed by atoms with E-state index in [1.165, 1.54) is 12.8 Å². The number of hydrogen-bond acceptors (Lipinski definition) is 5. The van der Waals surface area contributed by atoms with Crippen LogP contribution in [0, 0.1) is 0 Å². The normalized spacial score (nSPS) is 23.4. The van der Waals surface area contributed by atoms with Crippen molar-refractivity contribution in [1.82, 2.24) is 10.6 Å². The first-order valence-corrected chi connectivity index (χ1v) is 10.4. The molecule has 2 aliphatic rings. The number of ether oxygens (including phenoxy) is 1. The smallest absolute Gasteiger partial charge is 0.150 e. The van der Waals surface area contributed by atoms with E-state index in [0.29, 0.717) is 35.7 Å². The molecule has 2 fully saturated rings. The first-order valence-electron chi connectivity index (χ1n) is 8.59. The molecule has 0 bridgehead atoms.